The molecule has 0 fully saturated rings. The van der Waals surface area contributed by atoms with Crippen molar-refractivity contribution in [2.24, 2.45) is 0 Å². The first-order valence-corrected chi connectivity index (χ1v) is 8.61. The van der Waals surface area contributed by atoms with E-state index in [-0.39, 0.29) is 16.8 Å². The van der Waals surface area contributed by atoms with Crippen molar-refractivity contribution in [3.8, 4) is 5.69 Å². The Bertz CT molecular complexity index is 1100. The van der Waals surface area contributed by atoms with Gasteiger partial charge in [-0.2, -0.15) is 5.10 Å². The van der Waals surface area contributed by atoms with E-state index < -0.39 is 16.8 Å². The van der Waals surface area contributed by atoms with Crippen molar-refractivity contribution in [2.45, 2.75) is 13.8 Å². The number of carbonyl (C=O) groups excluding carboxylic acids is 2. The molecule has 29 heavy (non-hydrogen) atoms. The van der Waals surface area contributed by atoms with Gasteiger partial charge in [0.05, 0.1) is 29.0 Å². The summed E-state index contributed by atoms with van der Waals surface area (Å²) in [5.74, 6) is -1.00. The highest BCUT2D eigenvalue weighted by atomic mass is 16.6. The molecule has 0 saturated carbocycles. The Morgan fingerprint density at radius 1 is 1.07 bits per heavy atom. The molecule has 0 radical (unpaired) electrons. The second-order valence-electron chi connectivity index (χ2n) is 6.39. The van der Waals surface area contributed by atoms with E-state index in [1.807, 2.05) is 31.2 Å². The third-order valence-corrected chi connectivity index (χ3v) is 4.16. The summed E-state index contributed by atoms with van der Waals surface area (Å²) in [6.07, 6.45) is 0. The zero-order valence-electron chi connectivity index (χ0n) is 16.0. The number of rotatable bonds is 5. The second-order valence-corrected chi connectivity index (χ2v) is 6.39. The molecule has 0 aliphatic heterocycles. The first-order valence-electron chi connectivity index (χ1n) is 8.61. The van der Waals surface area contributed by atoms with Crippen LogP contribution in [0.1, 0.15) is 32.0 Å². The van der Waals surface area contributed by atoms with Gasteiger partial charge in [0, 0.05) is 23.8 Å². The van der Waals surface area contributed by atoms with Crippen molar-refractivity contribution in [1.82, 2.24) is 9.78 Å². The molecule has 0 saturated heterocycles. The minimum absolute atomic E-state index is 0.0473. The number of anilines is 1. The molecule has 3 rings (SSSR count). The number of non-ortho nitro benzene ring substituents is 1. The van der Waals surface area contributed by atoms with Gasteiger partial charge in [-0.25, -0.2) is 9.48 Å². The molecule has 9 nitrogen and oxygen atoms in total. The summed E-state index contributed by atoms with van der Waals surface area (Å²) in [6.45, 7) is 3.74. The van der Waals surface area contributed by atoms with Crippen molar-refractivity contribution < 1.29 is 19.2 Å². The number of benzene rings is 2. The molecule has 0 atom stereocenters. The smallest absolute Gasteiger partial charge is 0.338 e. The average molecular weight is 394 g/mol. The van der Waals surface area contributed by atoms with Crippen LogP contribution in [0.2, 0.25) is 0 Å². The Balaban J connectivity index is 1.97. The van der Waals surface area contributed by atoms with Gasteiger partial charge < -0.3 is 10.1 Å². The number of ether oxygens (including phenoxy) is 1. The number of amides is 1. The van der Waals surface area contributed by atoms with E-state index in [1.165, 1.54) is 6.07 Å². The molecule has 1 amide bonds. The molecule has 1 N–H and O–H groups in total. The lowest BCUT2D eigenvalue weighted by Crippen LogP contribution is -2.16. The van der Waals surface area contributed by atoms with Crippen molar-refractivity contribution in [3.63, 3.8) is 0 Å². The van der Waals surface area contributed by atoms with Gasteiger partial charge in [0.15, 0.2) is 0 Å². The van der Waals surface area contributed by atoms with E-state index >= 15 is 0 Å². The summed E-state index contributed by atoms with van der Waals surface area (Å²) in [5.41, 5.74) is 1.98. The predicted molar refractivity (Wildman–Crippen MR) is 105 cm³/mol. The quantitative estimate of drug-likeness (QED) is 0.402. The predicted octanol–water partition coefficient (Wildman–Crippen LogP) is 3.44. The highest BCUT2D eigenvalue weighted by molar-refractivity contribution is 6.06. The molecule has 9 heteroatoms. The van der Waals surface area contributed by atoms with E-state index in [0.717, 1.165) is 30.5 Å². The molecule has 3 aromatic rings. The molecule has 2 aromatic carbocycles. The Hall–Kier alpha value is -4.01. The van der Waals surface area contributed by atoms with E-state index in [2.05, 4.69) is 15.2 Å². The maximum Gasteiger partial charge on any atom is 0.338 e. The maximum atomic E-state index is 12.8. The van der Waals surface area contributed by atoms with Crippen LogP contribution in [0.15, 0.2) is 48.5 Å². The molecule has 0 bridgehead atoms. The topological polar surface area (TPSA) is 116 Å². The zero-order valence-corrected chi connectivity index (χ0v) is 16.0. The first-order chi connectivity index (χ1) is 13.8. The van der Waals surface area contributed by atoms with Crippen LogP contribution in [0.25, 0.3) is 5.69 Å². The lowest BCUT2D eigenvalue weighted by molar-refractivity contribution is -0.384. The fourth-order valence-electron chi connectivity index (χ4n) is 2.74. The Morgan fingerprint density at radius 2 is 1.72 bits per heavy atom. The van der Waals surface area contributed by atoms with Crippen LogP contribution in [-0.4, -0.2) is 33.7 Å². The number of nitrogens with zero attached hydrogens (tertiary/aromatic N) is 3. The van der Waals surface area contributed by atoms with Gasteiger partial charge in [0.2, 0.25) is 0 Å². The summed E-state index contributed by atoms with van der Waals surface area (Å²) in [4.78, 5) is 35.1. The summed E-state index contributed by atoms with van der Waals surface area (Å²) in [5, 5.41) is 18.3. The lowest BCUT2D eigenvalue weighted by atomic mass is 10.1. The van der Waals surface area contributed by atoms with Crippen molar-refractivity contribution in [1.29, 1.82) is 0 Å². The molecule has 0 aliphatic carbocycles. The summed E-state index contributed by atoms with van der Waals surface area (Å²) < 4.78 is 6.17. The standard InChI is InChI=1S/C20H18N4O5/c1-12-4-6-16(7-5-12)23-18(8-13(2)22-23)21-19(25)14-9-15(20(26)29-3)11-17(10-14)24(27)28/h4-11H,1-3H3,(H,21,25). The van der Waals surface area contributed by atoms with E-state index in [1.54, 1.807) is 17.7 Å². The Kier molecular flexibility index (Phi) is 5.40. The number of hydrogen-bond donors (Lipinski definition) is 1. The highest BCUT2D eigenvalue weighted by Gasteiger charge is 2.20. The van der Waals surface area contributed by atoms with Crippen molar-refractivity contribution in [2.75, 3.05) is 12.4 Å². The summed E-state index contributed by atoms with van der Waals surface area (Å²) >= 11 is 0. The van der Waals surface area contributed by atoms with Gasteiger partial charge in [0.1, 0.15) is 5.82 Å². The average Bonchev–Trinajstić information content (AvgIpc) is 3.07. The van der Waals surface area contributed by atoms with Crippen LogP contribution in [0.4, 0.5) is 11.5 Å². The molecule has 148 valence electrons. The highest BCUT2D eigenvalue weighted by Crippen LogP contribution is 2.21. The zero-order chi connectivity index (χ0) is 21.1. The van der Waals surface area contributed by atoms with Gasteiger partial charge in [0.25, 0.3) is 11.6 Å². The number of methoxy groups -OCH3 is 1. The molecular formula is C20H18N4O5. The molecule has 0 aliphatic rings. The van der Waals surface area contributed by atoms with Crippen LogP contribution in [0.5, 0.6) is 0 Å². The molecular weight excluding hydrogens is 376 g/mol. The monoisotopic (exact) mass is 394 g/mol. The van der Waals surface area contributed by atoms with Crippen molar-refractivity contribution >= 4 is 23.4 Å². The van der Waals surface area contributed by atoms with Gasteiger partial charge in [-0.05, 0) is 32.0 Å². The van der Waals surface area contributed by atoms with Crippen LogP contribution in [-0.2, 0) is 4.74 Å². The summed E-state index contributed by atoms with van der Waals surface area (Å²) in [6, 6.07) is 12.6. The number of hydrogen-bond acceptors (Lipinski definition) is 6. The molecule has 1 heterocycles. The van der Waals surface area contributed by atoms with E-state index in [0.29, 0.717) is 11.5 Å². The number of nitro benzene ring substituents is 1. The van der Waals surface area contributed by atoms with Gasteiger partial charge in [-0.15, -0.1) is 0 Å². The first kappa shape index (κ1) is 19.7. The number of carbonyl (C=O) groups is 2. The fourth-order valence-corrected chi connectivity index (χ4v) is 2.74. The lowest BCUT2D eigenvalue weighted by Gasteiger charge is -2.10. The maximum absolute atomic E-state index is 12.8. The van der Waals surface area contributed by atoms with E-state index in [4.69, 9.17) is 0 Å². The van der Waals surface area contributed by atoms with Crippen molar-refractivity contribution in [3.05, 3.63) is 81.0 Å². The van der Waals surface area contributed by atoms with Gasteiger partial charge in [-0.3, -0.25) is 14.9 Å². The SMILES string of the molecule is COC(=O)c1cc(C(=O)Nc2cc(C)nn2-c2ccc(C)cc2)cc([N+](=O)[O-])c1. The van der Waals surface area contributed by atoms with Crippen LogP contribution >= 0.6 is 0 Å². The van der Waals surface area contributed by atoms with Gasteiger partial charge >= 0.3 is 5.97 Å². The molecule has 0 spiro atoms. The van der Waals surface area contributed by atoms with E-state index in [9.17, 15) is 19.7 Å². The van der Waals surface area contributed by atoms with Crippen LogP contribution in [0.3, 0.4) is 0 Å². The van der Waals surface area contributed by atoms with Gasteiger partial charge in [-0.1, -0.05) is 17.7 Å². The number of aryl methyl sites for hydroxylation is 2. The number of nitro groups is 1. The Morgan fingerprint density at radius 3 is 2.34 bits per heavy atom. The normalized spacial score (nSPS) is 10.4. The molecule has 0 unspecified atom stereocenters. The fraction of sp³-hybridized carbons (Fsp3) is 0.150. The third-order valence-electron chi connectivity index (χ3n) is 4.16. The second kappa shape index (κ2) is 7.93. The Labute approximate surface area is 166 Å². The van der Waals surface area contributed by atoms with Crippen LogP contribution < -0.4 is 5.32 Å². The third kappa shape index (κ3) is 4.29. The number of esters is 1. The molecule has 1 aromatic heterocycles. The number of nitrogens with one attached hydrogen (secondary N) is 1. The minimum Gasteiger partial charge on any atom is -0.465 e. The van der Waals surface area contributed by atoms with Crippen LogP contribution in [0, 0.1) is 24.0 Å². The summed E-state index contributed by atoms with van der Waals surface area (Å²) in [7, 11) is 1.16. The largest absolute Gasteiger partial charge is 0.465 e. The minimum atomic E-state index is -0.775. The number of aromatic nitrogens is 2.